The normalized spacial score (nSPS) is 30.7. The Hall–Kier alpha value is -1.42. The Bertz CT molecular complexity index is 478. The van der Waals surface area contributed by atoms with Gasteiger partial charge in [0.2, 0.25) is 5.91 Å². The van der Waals surface area contributed by atoms with Crippen molar-refractivity contribution >= 4 is 11.7 Å². The van der Waals surface area contributed by atoms with Crippen LogP contribution in [0.25, 0.3) is 0 Å². The van der Waals surface area contributed by atoms with Crippen LogP contribution in [0.5, 0.6) is 0 Å². The average Bonchev–Trinajstić information content (AvgIpc) is 2.25. The van der Waals surface area contributed by atoms with Crippen molar-refractivity contribution < 1.29 is 4.79 Å². The quantitative estimate of drug-likeness (QED) is 0.764. The molecule has 3 rings (SSSR count). The Kier molecular flexibility index (Phi) is 2.23. The molecule has 0 radical (unpaired) electrons. The lowest BCUT2D eigenvalue weighted by Crippen LogP contribution is -2.52. The highest BCUT2D eigenvalue weighted by Crippen LogP contribution is 2.50. The summed E-state index contributed by atoms with van der Waals surface area (Å²) >= 11 is 0. The van der Waals surface area contributed by atoms with Crippen molar-refractivity contribution in [2.24, 2.45) is 17.1 Å². The van der Waals surface area contributed by atoms with Gasteiger partial charge in [0.25, 0.3) is 0 Å². The third-order valence-electron chi connectivity index (χ3n) is 4.04. The minimum absolute atomic E-state index is 0.131. The lowest BCUT2D eigenvalue weighted by molar-refractivity contribution is -0.134. The number of aryl methyl sites for hydroxylation is 1. The van der Waals surface area contributed by atoms with E-state index in [-0.39, 0.29) is 11.3 Å². The van der Waals surface area contributed by atoms with E-state index in [9.17, 15) is 4.79 Å². The number of hydrogen-bond donors (Lipinski definition) is 2. The van der Waals surface area contributed by atoms with Crippen molar-refractivity contribution in [2.75, 3.05) is 11.9 Å². The Morgan fingerprint density at radius 3 is 3.06 bits per heavy atom. The Balaban J connectivity index is 1.90. The fraction of sp³-hybridized carbons (Fsp3) is 0.538. The summed E-state index contributed by atoms with van der Waals surface area (Å²) in [5.41, 5.74) is 7.75. The summed E-state index contributed by atoms with van der Waals surface area (Å²) in [5, 5.41) is 2.93. The average molecular weight is 231 g/mol. The molecule has 0 aromatic carbocycles. The Morgan fingerprint density at radius 2 is 2.35 bits per heavy atom. The number of nitrogens with one attached hydrogen (secondary N) is 1. The molecule has 0 unspecified atom stereocenters. The highest BCUT2D eigenvalue weighted by Gasteiger charge is 2.51. The molecule has 1 spiro atoms. The summed E-state index contributed by atoms with van der Waals surface area (Å²) in [6.45, 7) is 2.72. The monoisotopic (exact) mass is 231 g/mol. The van der Waals surface area contributed by atoms with E-state index in [1.54, 1.807) is 6.20 Å². The van der Waals surface area contributed by atoms with Crippen molar-refractivity contribution in [1.29, 1.82) is 0 Å². The van der Waals surface area contributed by atoms with Crippen LogP contribution in [0.3, 0.4) is 0 Å². The fourth-order valence-corrected chi connectivity index (χ4v) is 3.10. The van der Waals surface area contributed by atoms with E-state index in [1.165, 1.54) is 5.56 Å². The number of aromatic nitrogens is 1. The molecular weight excluding hydrogens is 214 g/mol. The summed E-state index contributed by atoms with van der Waals surface area (Å²) < 4.78 is 0. The van der Waals surface area contributed by atoms with E-state index >= 15 is 0 Å². The van der Waals surface area contributed by atoms with Crippen LogP contribution in [-0.2, 0) is 11.2 Å². The van der Waals surface area contributed by atoms with Gasteiger partial charge in [0.1, 0.15) is 5.82 Å². The minimum atomic E-state index is -0.202. The third-order valence-corrected chi connectivity index (χ3v) is 4.04. The SMILES string of the molecule is Cc1cnc2c(c1)CC1(CC(CN)C1)C(=O)N2. The summed E-state index contributed by atoms with van der Waals surface area (Å²) in [7, 11) is 0. The molecule has 0 bridgehead atoms. The molecule has 3 N–H and O–H groups in total. The third kappa shape index (κ3) is 1.55. The molecule has 2 heterocycles. The van der Waals surface area contributed by atoms with Crippen LogP contribution in [0.15, 0.2) is 12.3 Å². The first kappa shape index (κ1) is 10.7. The van der Waals surface area contributed by atoms with Gasteiger partial charge in [-0.1, -0.05) is 6.07 Å². The topological polar surface area (TPSA) is 68.0 Å². The highest BCUT2D eigenvalue weighted by molar-refractivity contribution is 5.98. The summed E-state index contributed by atoms with van der Waals surface area (Å²) in [6.07, 6.45) is 4.45. The van der Waals surface area contributed by atoms with Crippen molar-refractivity contribution in [3.05, 3.63) is 23.4 Å². The molecule has 4 nitrogen and oxygen atoms in total. The van der Waals surface area contributed by atoms with Crippen LogP contribution in [-0.4, -0.2) is 17.4 Å². The van der Waals surface area contributed by atoms with Gasteiger partial charge in [0.05, 0.1) is 5.41 Å². The predicted octanol–water partition coefficient (Wildman–Crippen LogP) is 1.24. The van der Waals surface area contributed by atoms with Gasteiger partial charge in [-0.2, -0.15) is 0 Å². The van der Waals surface area contributed by atoms with Crippen LogP contribution >= 0.6 is 0 Å². The van der Waals surface area contributed by atoms with Crippen molar-refractivity contribution in [1.82, 2.24) is 4.98 Å². The van der Waals surface area contributed by atoms with E-state index in [1.807, 2.05) is 6.92 Å². The number of fused-ring (bicyclic) bond motifs is 1. The number of nitrogens with two attached hydrogens (primary N) is 1. The molecular formula is C13H17N3O. The smallest absolute Gasteiger partial charge is 0.232 e. The molecule has 1 fully saturated rings. The number of carbonyl (C=O) groups is 1. The van der Waals surface area contributed by atoms with Crippen LogP contribution in [0, 0.1) is 18.3 Å². The van der Waals surface area contributed by atoms with Crippen molar-refractivity contribution in [3.8, 4) is 0 Å². The number of amides is 1. The number of anilines is 1. The molecule has 1 aromatic rings. The second-order valence-corrected chi connectivity index (χ2v) is 5.44. The van der Waals surface area contributed by atoms with Gasteiger partial charge in [0, 0.05) is 6.20 Å². The zero-order valence-electron chi connectivity index (χ0n) is 9.99. The van der Waals surface area contributed by atoms with E-state index < -0.39 is 0 Å². The van der Waals surface area contributed by atoms with Crippen LogP contribution in [0.4, 0.5) is 5.82 Å². The van der Waals surface area contributed by atoms with Crippen LogP contribution in [0.2, 0.25) is 0 Å². The summed E-state index contributed by atoms with van der Waals surface area (Å²) in [6, 6.07) is 2.12. The second kappa shape index (κ2) is 3.53. The van der Waals surface area contributed by atoms with Crippen molar-refractivity contribution in [3.63, 3.8) is 0 Å². The molecule has 90 valence electrons. The van der Waals surface area contributed by atoms with Gasteiger partial charge >= 0.3 is 0 Å². The van der Waals surface area contributed by atoms with E-state index in [0.29, 0.717) is 12.5 Å². The number of nitrogens with zero attached hydrogens (tertiary/aromatic N) is 1. The lowest BCUT2D eigenvalue weighted by atomic mass is 9.58. The number of hydrogen-bond acceptors (Lipinski definition) is 3. The van der Waals surface area contributed by atoms with E-state index in [4.69, 9.17) is 5.73 Å². The van der Waals surface area contributed by atoms with Crippen LogP contribution in [0.1, 0.15) is 24.0 Å². The van der Waals surface area contributed by atoms with Gasteiger partial charge in [-0.15, -0.1) is 0 Å². The molecule has 2 aliphatic rings. The predicted molar refractivity (Wildman–Crippen MR) is 65.5 cm³/mol. The zero-order valence-corrected chi connectivity index (χ0v) is 9.99. The molecule has 0 saturated heterocycles. The first-order valence-electron chi connectivity index (χ1n) is 6.10. The fourth-order valence-electron chi connectivity index (χ4n) is 3.10. The van der Waals surface area contributed by atoms with Gasteiger partial charge in [-0.05, 0) is 49.8 Å². The second-order valence-electron chi connectivity index (χ2n) is 5.44. The minimum Gasteiger partial charge on any atom is -0.330 e. The first-order valence-corrected chi connectivity index (χ1v) is 6.10. The number of pyridine rings is 1. The molecule has 1 aliphatic heterocycles. The maximum Gasteiger partial charge on any atom is 0.232 e. The number of rotatable bonds is 1. The first-order chi connectivity index (χ1) is 8.13. The molecule has 1 aromatic heterocycles. The maximum atomic E-state index is 12.1. The Labute approximate surface area is 101 Å². The highest BCUT2D eigenvalue weighted by atomic mass is 16.2. The van der Waals surface area contributed by atoms with E-state index in [2.05, 4.69) is 16.4 Å². The molecule has 4 heteroatoms. The van der Waals surface area contributed by atoms with Gasteiger partial charge in [-0.25, -0.2) is 4.98 Å². The molecule has 1 amide bonds. The number of carbonyl (C=O) groups excluding carboxylic acids is 1. The molecule has 1 saturated carbocycles. The molecule has 17 heavy (non-hydrogen) atoms. The van der Waals surface area contributed by atoms with Gasteiger partial charge in [-0.3, -0.25) is 4.79 Å². The maximum absolute atomic E-state index is 12.1. The van der Waals surface area contributed by atoms with Gasteiger partial charge < -0.3 is 11.1 Å². The van der Waals surface area contributed by atoms with Gasteiger partial charge in [0.15, 0.2) is 0 Å². The standard InChI is InChI=1S/C13H17N3O/c1-8-2-10-5-13(3-9(4-13)6-14)12(17)16-11(10)15-7-8/h2,7,9H,3-6,14H2,1H3,(H,15,16,17). The Morgan fingerprint density at radius 1 is 1.59 bits per heavy atom. The van der Waals surface area contributed by atoms with Crippen LogP contribution < -0.4 is 11.1 Å². The lowest BCUT2D eigenvalue weighted by Gasteiger charge is -2.48. The van der Waals surface area contributed by atoms with E-state index in [0.717, 1.165) is 30.6 Å². The molecule has 0 atom stereocenters. The largest absolute Gasteiger partial charge is 0.330 e. The van der Waals surface area contributed by atoms with Crippen molar-refractivity contribution in [2.45, 2.75) is 26.2 Å². The molecule has 1 aliphatic carbocycles. The summed E-state index contributed by atoms with van der Waals surface area (Å²) in [4.78, 5) is 16.4. The zero-order chi connectivity index (χ0) is 12.0. The summed E-state index contributed by atoms with van der Waals surface area (Å²) in [5.74, 6) is 1.38.